The van der Waals surface area contributed by atoms with Gasteiger partial charge in [-0.2, -0.15) is 5.26 Å². The Balaban J connectivity index is 2.72. The standard InChI is InChI=1S/C12H15NOS/c1-10(2)11-4-6-12(7-5-11)15(14)9-3-8-13/h4-7,10H,3,9H2,1-2H3. The number of nitriles is 1. The number of hydrogen-bond donors (Lipinski definition) is 0. The van der Waals surface area contributed by atoms with Gasteiger partial charge in [-0.25, -0.2) is 0 Å². The van der Waals surface area contributed by atoms with Crippen molar-refractivity contribution >= 4 is 10.8 Å². The lowest BCUT2D eigenvalue weighted by Gasteiger charge is -2.06. The maximum atomic E-state index is 11.6. The van der Waals surface area contributed by atoms with Crippen molar-refractivity contribution in [2.24, 2.45) is 0 Å². The topological polar surface area (TPSA) is 40.9 Å². The fraction of sp³-hybridized carbons (Fsp3) is 0.417. The van der Waals surface area contributed by atoms with Crippen molar-refractivity contribution in [1.29, 1.82) is 5.26 Å². The van der Waals surface area contributed by atoms with Crippen LogP contribution in [-0.2, 0) is 10.8 Å². The molecule has 0 saturated heterocycles. The molecule has 1 aromatic rings. The quantitative estimate of drug-likeness (QED) is 0.784. The third-order valence-corrected chi connectivity index (χ3v) is 3.58. The summed E-state index contributed by atoms with van der Waals surface area (Å²) in [6.07, 6.45) is 0.346. The Bertz CT molecular complexity index is 376. The lowest BCUT2D eigenvalue weighted by Crippen LogP contribution is -1.97. The number of hydrogen-bond acceptors (Lipinski definition) is 2. The van der Waals surface area contributed by atoms with Crippen LogP contribution in [0.2, 0.25) is 0 Å². The molecular weight excluding hydrogens is 206 g/mol. The Labute approximate surface area is 93.4 Å². The fourth-order valence-electron chi connectivity index (χ4n) is 1.26. The normalized spacial score (nSPS) is 12.4. The van der Waals surface area contributed by atoms with Gasteiger partial charge in [0.05, 0.1) is 16.9 Å². The summed E-state index contributed by atoms with van der Waals surface area (Å²) in [4.78, 5) is 0.814. The minimum Gasteiger partial charge on any atom is -0.254 e. The van der Waals surface area contributed by atoms with Gasteiger partial charge in [0.1, 0.15) is 0 Å². The molecule has 0 aromatic heterocycles. The van der Waals surface area contributed by atoms with E-state index in [9.17, 15) is 4.21 Å². The molecule has 15 heavy (non-hydrogen) atoms. The molecule has 1 rings (SSSR count). The summed E-state index contributed by atoms with van der Waals surface area (Å²) in [7, 11) is -1.03. The highest BCUT2D eigenvalue weighted by Gasteiger charge is 2.04. The van der Waals surface area contributed by atoms with Crippen molar-refractivity contribution in [1.82, 2.24) is 0 Å². The van der Waals surface area contributed by atoms with Crippen LogP contribution in [0.4, 0.5) is 0 Å². The zero-order valence-corrected chi connectivity index (χ0v) is 9.88. The van der Waals surface area contributed by atoms with Gasteiger partial charge in [0.15, 0.2) is 0 Å². The first kappa shape index (κ1) is 11.9. The van der Waals surface area contributed by atoms with Gasteiger partial charge in [-0.05, 0) is 23.6 Å². The van der Waals surface area contributed by atoms with Crippen molar-refractivity contribution in [2.45, 2.75) is 31.1 Å². The molecule has 1 aromatic carbocycles. The van der Waals surface area contributed by atoms with Crippen LogP contribution in [0, 0.1) is 11.3 Å². The van der Waals surface area contributed by atoms with Crippen molar-refractivity contribution in [2.75, 3.05) is 5.75 Å². The molecule has 80 valence electrons. The highest BCUT2D eigenvalue weighted by atomic mass is 32.2. The summed E-state index contributed by atoms with van der Waals surface area (Å²) in [6.45, 7) is 4.25. The van der Waals surface area contributed by atoms with E-state index in [0.717, 1.165) is 4.90 Å². The first-order valence-electron chi connectivity index (χ1n) is 5.00. The van der Waals surface area contributed by atoms with Crippen molar-refractivity contribution in [3.63, 3.8) is 0 Å². The predicted molar refractivity (Wildman–Crippen MR) is 62.0 cm³/mol. The second-order valence-corrected chi connectivity index (χ2v) is 5.25. The molecule has 0 heterocycles. The minimum atomic E-state index is -1.03. The zero-order valence-electron chi connectivity index (χ0n) is 9.06. The molecule has 0 N–H and O–H groups in total. The summed E-state index contributed by atoms with van der Waals surface area (Å²) in [5.74, 6) is 0.920. The number of rotatable bonds is 4. The second kappa shape index (κ2) is 5.67. The van der Waals surface area contributed by atoms with Crippen LogP contribution in [0.5, 0.6) is 0 Å². The van der Waals surface area contributed by atoms with E-state index in [2.05, 4.69) is 13.8 Å². The van der Waals surface area contributed by atoms with E-state index in [-0.39, 0.29) is 0 Å². The van der Waals surface area contributed by atoms with Gasteiger partial charge >= 0.3 is 0 Å². The van der Waals surface area contributed by atoms with Crippen LogP contribution < -0.4 is 0 Å². The second-order valence-electron chi connectivity index (χ2n) is 3.68. The van der Waals surface area contributed by atoms with E-state index in [0.29, 0.717) is 18.1 Å². The molecule has 0 spiro atoms. The van der Waals surface area contributed by atoms with Crippen LogP contribution in [0.25, 0.3) is 0 Å². The van der Waals surface area contributed by atoms with E-state index in [1.807, 2.05) is 30.3 Å². The maximum absolute atomic E-state index is 11.6. The maximum Gasteiger partial charge on any atom is 0.0631 e. The van der Waals surface area contributed by atoms with Gasteiger partial charge in [-0.1, -0.05) is 26.0 Å². The number of nitrogens with zero attached hydrogens (tertiary/aromatic N) is 1. The van der Waals surface area contributed by atoms with Crippen molar-refractivity contribution < 1.29 is 4.21 Å². The molecule has 0 amide bonds. The van der Waals surface area contributed by atoms with E-state index in [1.54, 1.807) is 0 Å². The monoisotopic (exact) mass is 221 g/mol. The summed E-state index contributed by atoms with van der Waals surface area (Å²) in [5.41, 5.74) is 1.25. The van der Waals surface area contributed by atoms with Gasteiger partial charge in [-0.15, -0.1) is 0 Å². The highest BCUT2D eigenvalue weighted by molar-refractivity contribution is 7.85. The van der Waals surface area contributed by atoms with E-state index >= 15 is 0 Å². The molecule has 0 radical (unpaired) electrons. The molecule has 2 nitrogen and oxygen atoms in total. The summed E-state index contributed by atoms with van der Waals surface area (Å²) < 4.78 is 11.6. The van der Waals surface area contributed by atoms with Gasteiger partial charge < -0.3 is 0 Å². The molecule has 0 bridgehead atoms. The third-order valence-electron chi connectivity index (χ3n) is 2.21. The van der Waals surface area contributed by atoms with E-state index < -0.39 is 10.8 Å². The zero-order chi connectivity index (χ0) is 11.3. The summed E-state index contributed by atoms with van der Waals surface area (Å²) >= 11 is 0. The minimum absolute atomic E-state index is 0.346. The van der Waals surface area contributed by atoms with Crippen molar-refractivity contribution in [3.8, 4) is 6.07 Å². The van der Waals surface area contributed by atoms with Crippen LogP contribution in [0.3, 0.4) is 0 Å². The fourth-order valence-corrected chi connectivity index (χ4v) is 2.21. The molecule has 0 fully saturated rings. The molecular formula is C12H15NOS. The van der Waals surface area contributed by atoms with Crippen LogP contribution in [-0.4, -0.2) is 9.96 Å². The molecule has 1 atom stereocenters. The SMILES string of the molecule is CC(C)c1ccc(S(=O)CCC#N)cc1. The average molecular weight is 221 g/mol. The molecule has 1 unspecified atom stereocenters. The van der Waals surface area contributed by atoms with Gasteiger partial charge in [-0.3, -0.25) is 4.21 Å². The Morgan fingerprint density at radius 2 is 1.93 bits per heavy atom. The first-order chi connectivity index (χ1) is 7.15. The lowest BCUT2D eigenvalue weighted by molar-refractivity contribution is 0.682. The smallest absolute Gasteiger partial charge is 0.0631 e. The van der Waals surface area contributed by atoms with Gasteiger partial charge in [0, 0.05) is 17.1 Å². The Morgan fingerprint density at radius 1 is 1.33 bits per heavy atom. The van der Waals surface area contributed by atoms with Crippen LogP contribution >= 0.6 is 0 Å². The number of benzene rings is 1. The van der Waals surface area contributed by atoms with Crippen LogP contribution in [0.15, 0.2) is 29.2 Å². The van der Waals surface area contributed by atoms with Crippen molar-refractivity contribution in [3.05, 3.63) is 29.8 Å². The Kier molecular flexibility index (Phi) is 4.51. The van der Waals surface area contributed by atoms with E-state index in [4.69, 9.17) is 5.26 Å². The predicted octanol–water partition coefficient (Wildman–Crippen LogP) is 2.83. The third kappa shape index (κ3) is 3.49. The van der Waals surface area contributed by atoms with Gasteiger partial charge in [0.25, 0.3) is 0 Å². The average Bonchev–Trinajstić information content (AvgIpc) is 2.26. The highest BCUT2D eigenvalue weighted by Crippen LogP contribution is 2.16. The lowest BCUT2D eigenvalue weighted by atomic mass is 10.0. The Morgan fingerprint density at radius 3 is 2.40 bits per heavy atom. The molecule has 0 aliphatic carbocycles. The summed E-state index contributed by atoms with van der Waals surface area (Å²) in [5, 5.41) is 8.39. The largest absolute Gasteiger partial charge is 0.254 e. The van der Waals surface area contributed by atoms with Crippen LogP contribution in [0.1, 0.15) is 31.7 Å². The summed E-state index contributed by atoms with van der Waals surface area (Å²) in [6, 6.07) is 9.80. The van der Waals surface area contributed by atoms with Gasteiger partial charge in [0.2, 0.25) is 0 Å². The molecule has 3 heteroatoms. The molecule has 0 saturated carbocycles. The Hall–Kier alpha value is -1.14. The van der Waals surface area contributed by atoms with E-state index in [1.165, 1.54) is 5.56 Å². The molecule has 0 aliphatic rings. The first-order valence-corrected chi connectivity index (χ1v) is 6.32. The molecule has 0 aliphatic heterocycles.